The van der Waals surface area contributed by atoms with Gasteiger partial charge in [0.1, 0.15) is 11.5 Å². The van der Waals surface area contributed by atoms with Gasteiger partial charge in [-0.05, 0) is 31.9 Å². The third kappa shape index (κ3) is 6.82. The van der Waals surface area contributed by atoms with Crippen LogP contribution in [0.5, 0.6) is 0 Å². The van der Waals surface area contributed by atoms with Gasteiger partial charge < -0.3 is 16.0 Å². The van der Waals surface area contributed by atoms with Gasteiger partial charge in [-0.2, -0.15) is 0 Å². The Kier molecular flexibility index (Phi) is 9.25. The number of rotatable bonds is 12. The number of aromatic amines is 1. The minimum atomic E-state index is -0.578. The van der Waals surface area contributed by atoms with Crippen molar-refractivity contribution in [2.45, 2.75) is 59.4 Å². The number of unbranched alkanes of at least 4 members (excludes halogenated alkanes) is 3. The number of aromatic nitrogens is 3. The molecule has 0 unspecified atom stereocenters. The Balaban J connectivity index is 1.84. The number of hydrogen-bond donors (Lipinski definition) is 3. The highest BCUT2D eigenvalue weighted by Gasteiger charge is 2.21. The van der Waals surface area contributed by atoms with E-state index in [1.807, 2.05) is 43.5 Å². The smallest absolute Gasteiger partial charge is 0.330 e. The van der Waals surface area contributed by atoms with Crippen molar-refractivity contribution < 1.29 is 4.79 Å². The summed E-state index contributed by atoms with van der Waals surface area (Å²) in [5.74, 6) is -0.185. The summed E-state index contributed by atoms with van der Waals surface area (Å²) in [6.07, 6.45) is 4.35. The monoisotopic (exact) mass is 498 g/mol. The van der Waals surface area contributed by atoms with Crippen LogP contribution in [0.4, 0.5) is 17.2 Å². The lowest BCUT2D eigenvalue weighted by atomic mass is 10.1. The van der Waals surface area contributed by atoms with Gasteiger partial charge in [0.15, 0.2) is 0 Å². The SMILES string of the molecule is CCCCCN(CC(=O)Nc1cccc(-c2csc(C)n2)c1)c1c(N)n(CCCC)c(=O)[nH]c1=O. The maximum absolute atomic E-state index is 13.0. The van der Waals surface area contributed by atoms with Crippen LogP contribution in [0.15, 0.2) is 39.2 Å². The van der Waals surface area contributed by atoms with Gasteiger partial charge in [0.05, 0.1) is 17.2 Å². The molecule has 10 heteroatoms. The summed E-state index contributed by atoms with van der Waals surface area (Å²) >= 11 is 1.57. The van der Waals surface area contributed by atoms with Crippen molar-refractivity contribution in [2.24, 2.45) is 0 Å². The lowest BCUT2D eigenvalue weighted by Crippen LogP contribution is -2.42. The van der Waals surface area contributed by atoms with E-state index in [1.54, 1.807) is 16.2 Å². The molecule has 3 rings (SSSR count). The molecular weight excluding hydrogens is 464 g/mol. The molecule has 0 saturated carbocycles. The second kappa shape index (κ2) is 12.3. The number of hydrogen-bond acceptors (Lipinski definition) is 7. The van der Waals surface area contributed by atoms with Crippen molar-refractivity contribution in [3.8, 4) is 11.3 Å². The molecule has 0 saturated heterocycles. The normalized spacial score (nSPS) is 10.9. The molecule has 0 bridgehead atoms. The Morgan fingerprint density at radius 1 is 1.20 bits per heavy atom. The fraction of sp³-hybridized carbons (Fsp3) is 0.440. The van der Waals surface area contributed by atoms with Gasteiger partial charge in [0, 0.05) is 29.7 Å². The minimum absolute atomic E-state index is 0.0665. The van der Waals surface area contributed by atoms with Crippen molar-refractivity contribution in [2.75, 3.05) is 29.0 Å². The molecule has 1 amide bonds. The van der Waals surface area contributed by atoms with E-state index in [9.17, 15) is 14.4 Å². The van der Waals surface area contributed by atoms with Gasteiger partial charge in [-0.1, -0.05) is 45.2 Å². The van der Waals surface area contributed by atoms with Gasteiger partial charge in [0.25, 0.3) is 5.56 Å². The van der Waals surface area contributed by atoms with Crippen LogP contribution in [0.2, 0.25) is 0 Å². The average molecular weight is 499 g/mol. The van der Waals surface area contributed by atoms with Crippen molar-refractivity contribution in [3.05, 3.63) is 55.5 Å². The average Bonchev–Trinajstić information content (AvgIpc) is 3.25. The molecule has 2 aromatic heterocycles. The zero-order chi connectivity index (χ0) is 25.4. The number of thiazole rings is 1. The van der Waals surface area contributed by atoms with Crippen LogP contribution in [0.3, 0.4) is 0 Å². The van der Waals surface area contributed by atoms with E-state index in [1.165, 1.54) is 4.57 Å². The van der Waals surface area contributed by atoms with Gasteiger partial charge in [-0.25, -0.2) is 9.78 Å². The molecule has 9 nitrogen and oxygen atoms in total. The largest absolute Gasteiger partial charge is 0.383 e. The fourth-order valence-corrected chi connectivity index (χ4v) is 4.49. The Morgan fingerprint density at radius 2 is 1.97 bits per heavy atom. The predicted octanol–water partition coefficient (Wildman–Crippen LogP) is 3.99. The maximum Gasteiger partial charge on any atom is 0.330 e. The number of nitrogens with zero attached hydrogens (tertiary/aromatic N) is 3. The molecule has 0 atom stereocenters. The van der Waals surface area contributed by atoms with Crippen molar-refractivity contribution in [3.63, 3.8) is 0 Å². The number of amides is 1. The Bertz CT molecular complexity index is 1260. The number of anilines is 3. The van der Waals surface area contributed by atoms with Crippen molar-refractivity contribution in [1.82, 2.24) is 14.5 Å². The first-order chi connectivity index (χ1) is 16.8. The van der Waals surface area contributed by atoms with Crippen LogP contribution in [-0.2, 0) is 11.3 Å². The molecule has 0 aliphatic carbocycles. The number of benzene rings is 1. The number of nitrogens with one attached hydrogen (secondary N) is 2. The first kappa shape index (κ1) is 26.2. The lowest BCUT2D eigenvalue weighted by molar-refractivity contribution is -0.115. The minimum Gasteiger partial charge on any atom is -0.383 e. The Hall–Kier alpha value is -3.40. The molecule has 0 aliphatic rings. The van der Waals surface area contributed by atoms with Crippen LogP contribution >= 0.6 is 11.3 Å². The summed E-state index contributed by atoms with van der Waals surface area (Å²) in [6, 6.07) is 7.50. The van der Waals surface area contributed by atoms with Crippen LogP contribution in [-0.4, -0.2) is 33.5 Å². The highest BCUT2D eigenvalue weighted by atomic mass is 32.1. The molecule has 0 radical (unpaired) electrons. The topological polar surface area (TPSA) is 126 Å². The van der Waals surface area contributed by atoms with Gasteiger partial charge >= 0.3 is 5.69 Å². The van der Waals surface area contributed by atoms with Crippen LogP contribution in [0, 0.1) is 6.92 Å². The molecule has 3 aromatic rings. The van der Waals surface area contributed by atoms with Crippen LogP contribution in [0.1, 0.15) is 51.0 Å². The first-order valence-corrected chi connectivity index (χ1v) is 12.9. The third-order valence-corrected chi connectivity index (χ3v) is 6.47. The molecule has 0 spiro atoms. The molecule has 1 aromatic carbocycles. The van der Waals surface area contributed by atoms with Crippen LogP contribution in [0.25, 0.3) is 11.3 Å². The van der Waals surface area contributed by atoms with Gasteiger partial charge in [-0.3, -0.25) is 19.1 Å². The van der Waals surface area contributed by atoms with E-state index in [0.717, 1.165) is 48.4 Å². The summed E-state index contributed by atoms with van der Waals surface area (Å²) in [5.41, 5.74) is 7.78. The quantitative estimate of drug-likeness (QED) is 0.324. The molecule has 188 valence electrons. The molecule has 2 heterocycles. The molecule has 35 heavy (non-hydrogen) atoms. The summed E-state index contributed by atoms with van der Waals surface area (Å²) < 4.78 is 1.38. The molecule has 0 aliphatic heterocycles. The summed E-state index contributed by atoms with van der Waals surface area (Å²) in [4.78, 5) is 46.7. The number of carbonyl (C=O) groups excluding carboxylic acids is 1. The number of nitrogen functional groups attached to an aromatic ring is 1. The van der Waals surface area contributed by atoms with Crippen molar-refractivity contribution in [1.29, 1.82) is 0 Å². The van der Waals surface area contributed by atoms with E-state index in [4.69, 9.17) is 5.73 Å². The fourth-order valence-electron chi connectivity index (χ4n) is 3.87. The standard InChI is InChI=1S/C25H34N6O3S/c1-4-6-8-12-30(22-23(26)31(13-7-5-2)25(34)29-24(22)33)15-21(32)28-19-11-9-10-18(14-19)20-16-35-17(3)27-20/h9-11,14,16H,4-8,12-13,15,26H2,1-3H3,(H,28,32)(H,29,33,34). The van der Waals surface area contributed by atoms with Gasteiger partial charge in [-0.15, -0.1) is 11.3 Å². The predicted molar refractivity (Wildman–Crippen MR) is 143 cm³/mol. The third-order valence-electron chi connectivity index (χ3n) is 5.69. The highest BCUT2D eigenvalue weighted by Crippen LogP contribution is 2.24. The second-order valence-corrected chi connectivity index (χ2v) is 9.57. The zero-order valence-corrected chi connectivity index (χ0v) is 21.4. The highest BCUT2D eigenvalue weighted by molar-refractivity contribution is 7.09. The molecule has 4 N–H and O–H groups in total. The van der Waals surface area contributed by atoms with E-state index in [-0.39, 0.29) is 24.0 Å². The van der Waals surface area contributed by atoms with E-state index in [2.05, 4.69) is 22.2 Å². The van der Waals surface area contributed by atoms with Crippen LogP contribution < -0.4 is 27.2 Å². The number of carbonyl (C=O) groups is 1. The van der Waals surface area contributed by atoms with E-state index < -0.39 is 11.2 Å². The van der Waals surface area contributed by atoms with Crippen molar-refractivity contribution >= 4 is 34.4 Å². The maximum atomic E-state index is 13.0. The first-order valence-electron chi connectivity index (χ1n) is 12.0. The Morgan fingerprint density at radius 3 is 2.66 bits per heavy atom. The van der Waals surface area contributed by atoms with E-state index >= 15 is 0 Å². The number of nitrogens with two attached hydrogens (primary N) is 1. The molecular formula is C25H34N6O3S. The second-order valence-electron chi connectivity index (χ2n) is 8.51. The van der Waals surface area contributed by atoms with Gasteiger partial charge in [0.2, 0.25) is 5.91 Å². The zero-order valence-electron chi connectivity index (χ0n) is 20.6. The summed E-state index contributed by atoms with van der Waals surface area (Å²) in [6.45, 7) is 6.86. The lowest BCUT2D eigenvalue weighted by Gasteiger charge is -2.25. The number of aryl methyl sites for hydroxylation is 1. The van der Waals surface area contributed by atoms with E-state index in [0.29, 0.717) is 18.8 Å². The number of H-pyrrole nitrogens is 1. The summed E-state index contributed by atoms with van der Waals surface area (Å²) in [5, 5.41) is 5.88. The Labute approximate surface area is 209 Å². The molecule has 0 fully saturated rings. The summed E-state index contributed by atoms with van der Waals surface area (Å²) in [7, 11) is 0.